The van der Waals surface area contributed by atoms with Gasteiger partial charge in [0.2, 0.25) is 0 Å². The van der Waals surface area contributed by atoms with Crippen molar-refractivity contribution in [2.24, 2.45) is 9.98 Å². The monoisotopic (exact) mass is 482 g/mol. The minimum atomic E-state index is -0.376. The third-order valence-electron chi connectivity index (χ3n) is 5.97. The van der Waals surface area contributed by atoms with Gasteiger partial charge in [-0.05, 0) is 59.5 Å². The summed E-state index contributed by atoms with van der Waals surface area (Å²) in [4.78, 5) is 36.8. The van der Waals surface area contributed by atoms with Gasteiger partial charge in [0, 0.05) is 19.0 Å². The van der Waals surface area contributed by atoms with Crippen LogP contribution in [0, 0.1) is 5.82 Å². The number of hydrogen-bond acceptors (Lipinski definition) is 5. The summed E-state index contributed by atoms with van der Waals surface area (Å²) >= 11 is 0. The molecule has 3 N–H and O–H groups in total. The van der Waals surface area contributed by atoms with Crippen molar-refractivity contribution in [3.63, 3.8) is 0 Å². The minimum absolute atomic E-state index is 0.275. The van der Waals surface area contributed by atoms with Crippen molar-refractivity contribution in [3.8, 4) is 0 Å². The number of amides is 3. The van der Waals surface area contributed by atoms with Gasteiger partial charge in [0.25, 0.3) is 5.91 Å². The van der Waals surface area contributed by atoms with Crippen molar-refractivity contribution < 1.29 is 14.0 Å². The van der Waals surface area contributed by atoms with Crippen molar-refractivity contribution in [3.05, 3.63) is 101 Å². The summed E-state index contributed by atoms with van der Waals surface area (Å²) < 4.78 is 13.2. The third kappa shape index (κ3) is 5.05. The number of allylic oxidation sites excluding steroid dienone is 1. The molecule has 3 heterocycles. The van der Waals surface area contributed by atoms with Crippen LogP contribution in [0.25, 0.3) is 5.57 Å². The average molecular weight is 483 g/mol. The standard InChI is InChI=1S/C27H23FN6O2/c1-16(18-8-10-21(28)11-9-18)32-26(35)22-3-2-12-29-24(22)30-14-17-4-6-19(7-5-17)20-13-23-25(31-15-20)34-27(36)33-23/h2-13,15-16,23H,14H2,1H3,(H,29,30)(H,32,35)(H,33,36)/t16-,23?/m0/s1. The molecule has 0 aliphatic carbocycles. The molecular weight excluding hydrogens is 459 g/mol. The van der Waals surface area contributed by atoms with E-state index in [9.17, 15) is 14.0 Å². The molecule has 36 heavy (non-hydrogen) atoms. The van der Waals surface area contributed by atoms with Crippen molar-refractivity contribution in [1.82, 2.24) is 15.6 Å². The van der Waals surface area contributed by atoms with Crippen LogP contribution in [0.2, 0.25) is 0 Å². The molecule has 2 aliphatic rings. The van der Waals surface area contributed by atoms with E-state index >= 15 is 0 Å². The molecule has 0 saturated carbocycles. The number of anilines is 1. The second-order valence-electron chi connectivity index (χ2n) is 8.47. The number of urea groups is 1. The predicted octanol–water partition coefficient (Wildman–Crippen LogP) is 4.28. The van der Waals surface area contributed by atoms with Gasteiger partial charge in [-0.2, -0.15) is 4.99 Å². The SMILES string of the molecule is C[C@H](NC(=O)c1cccnc1NCc1ccc(C2=CC3NC(=O)N=C3N=C2)cc1)c1ccc(F)cc1. The Balaban J connectivity index is 1.23. The number of amidine groups is 1. The quantitative estimate of drug-likeness (QED) is 0.467. The van der Waals surface area contributed by atoms with E-state index in [-0.39, 0.29) is 29.8 Å². The number of nitrogens with zero attached hydrogens (tertiary/aromatic N) is 3. The van der Waals surface area contributed by atoms with E-state index in [1.165, 1.54) is 12.1 Å². The minimum Gasteiger partial charge on any atom is -0.365 e. The van der Waals surface area contributed by atoms with Gasteiger partial charge in [-0.15, -0.1) is 0 Å². The Morgan fingerprint density at radius 3 is 2.67 bits per heavy atom. The normalized spacial score (nSPS) is 16.9. The van der Waals surface area contributed by atoms with Crippen molar-refractivity contribution >= 4 is 35.4 Å². The maximum Gasteiger partial charge on any atom is 0.343 e. The molecule has 0 radical (unpaired) electrons. The molecule has 2 atom stereocenters. The van der Waals surface area contributed by atoms with Crippen LogP contribution in [-0.4, -0.2) is 35.0 Å². The molecule has 1 unspecified atom stereocenters. The average Bonchev–Trinajstić information content (AvgIpc) is 3.27. The van der Waals surface area contributed by atoms with Crippen LogP contribution >= 0.6 is 0 Å². The van der Waals surface area contributed by atoms with Gasteiger partial charge in [0.1, 0.15) is 17.7 Å². The Morgan fingerprint density at radius 2 is 1.89 bits per heavy atom. The third-order valence-corrected chi connectivity index (χ3v) is 5.97. The molecule has 0 bridgehead atoms. The molecular formula is C27H23FN6O2. The first kappa shape index (κ1) is 23.1. The first-order valence-electron chi connectivity index (χ1n) is 11.5. The lowest BCUT2D eigenvalue weighted by atomic mass is 10.0. The zero-order chi connectivity index (χ0) is 25.1. The summed E-state index contributed by atoms with van der Waals surface area (Å²) in [5.74, 6) is 0.352. The summed E-state index contributed by atoms with van der Waals surface area (Å²) in [6.07, 6.45) is 5.25. The fraction of sp³-hybridized carbons (Fsp3) is 0.148. The molecule has 9 heteroatoms. The molecule has 3 amide bonds. The van der Waals surface area contributed by atoms with Gasteiger partial charge in [-0.3, -0.25) is 4.79 Å². The lowest BCUT2D eigenvalue weighted by molar-refractivity contribution is 0.0940. The highest BCUT2D eigenvalue weighted by Crippen LogP contribution is 2.21. The summed E-state index contributed by atoms with van der Waals surface area (Å²) in [6, 6.07) is 16.4. The summed E-state index contributed by atoms with van der Waals surface area (Å²) in [5.41, 5.74) is 4.10. The molecule has 5 rings (SSSR count). The largest absolute Gasteiger partial charge is 0.365 e. The van der Waals surface area contributed by atoms with Crippen molar-refractivity contribution in [2.75, 3.05) is 5.32 Å². The first-order chi connectivity index (χ1) is 17.5. The van der Waals surface area contributed by atoms with Crippen LogP contribution in [0.1, 0.15) is 40.0 Å². The van der Waals surface area contributed by atoms with E-state index in [2.05, 4.69) is 30.9 Å². The Hall–Kier alpha value is -4.66. The van der Waals surface area contributed by atoms with Gasteiger partial charge < -0.3 is 16.0 Å². The number of halogens is 1. The topological polar surface area (TPSA) is 108 Å². The number of carbonyl (C=O) groups is 2. The van der Waals surface area contributed by atoms with Crippen LogP contribution in [0.4, 0.5) is 15.0 Å². The number of hydrogen-bond donors (Lipinski definition) is 3. The zero-order valence-corrected chi connectivity index (χ0v) is 19.4. The fourth-order valence-electron chi connectivity index (χ4n) is 4.00. The predicted molar refractivity (Wildman–Crippen MR) is 137 cm³/mol. The number of nitrogens with one attached hydrogen (secondary N) is 3. The number of pyridine rings is 1. The molecule has 0 fully saturated rings. The fourth-order valence-corrected chi connectivity index (χ4v) is 4.00. The number of aromatic nitrogens is 1. The highest BCUT2D eigenvalue weighted by molar-refractivity contribution is 6.21. The van der Waals surface area contributed by atoms with Crippen LogP contribution < -0.4 is 16.0 Å². The Labute approximate surface area is 207 Å². The van der Waals surface area contributed by atoms with Crippen LogP contribution in [0.3, 0.4) is 0 Å². The Bertz CT molecular complexity index is 1400. The molecule has 8 nitrogen and oxygen atoms in total. The molecule has 0 spiro atoms. The summed E-state index contributed by atoms with van der Waals surface area (Å²) in [7, 11) is 0. The first-order valence-corrected chi connectivity index (χ1v) is 11.5. The maximum atomic E-state index is 13.2. The number of benzene rings is 2. The van der Waals surface area contributed by atoms with Crippen LogP contribution in [0.15, 0.2) is 82.9 Å². The summed E-state index contributed by atoms with van der Waals surface area (Å²) in [5, 5.41) is 8.92. The Kier molecular flexibility index (Phi) is 6.36. The smallest absolute Gasteiger partial charge is 0.343 e. The van der Waals surface area contributed by atoms with Crippen LogP contribution in [0.5, 0.6) is 0 Å². The number of carbonyl (C=O) groups excluding carboxylic acids is 2. The molecule has 0 saturated heterocycles. The van der Waals surface area contributed by atoms with Gasteiger partial charge in [-0.25, -0.2) is 19.2 Å². The lowest BCUT2D eigenvalue weighted by Crippen LogP contribution is -2.31. The number of rotatable bonds is 7. The molecule has 2 aliphatic heterocycles. The van der Waals surface area contributed by atoms with Gasteiger partial charge in [0.15, 0.2) is 5.84 Å². The van der Waals surface area contributed by atoms with E-state index in [4.69, 9.17) is 0 Å². The highest BCUT2D eigenvalue weighted by atomic mass is 19.1. The van der Waals surface area contributed by atoms with Crippen molar-refractivity contribution in [1.29, 1.82) is 0 Å². The van der Waals surface area contributed by atoms with Crippen molar-refractivity contribution in [2.45, 2.75) is 25.6 Å². The van der Waals surface area contributed by atoms with E-state index in [1.54, 1.807) is 36.7 Å². The number of dihydropyridines is 1. The maximum absolute atomic E-state index is 13.2. The molecule has 180 valence electrons. The number of aliphatic imine (C=N–C) groups is 2. The van der Waals surface area contributed by atoms with Crippen LogP contribution in [-0.2, 0) is 6.54 Å². The Morgan fingerprint density at radius 1 is 1.11 bits per heavy atom. The van der Waals surface area contributed by atoms with E-state index in [0.29, 0.717) is 23.8 Å². The van der Waals surface area contributed by atoms with E-state index in [1.807, 2.05) is 37.3 Å². The molecule has 2 aromatic carbocycles. The van der Waals surface area contributed by atoms with Gasteiger partial charge in [-0.1, -0.05) is 36.4 Å². The lowest BCUT2D eigenvalue weighted by Gasteiger charge is -2.16. The van der Waals surface area contributed by atoms with Gasteiger partial charge >= 0.3 is 6.03 Å². The van der Waals surface area contributed by atoms with E-state index in [0.717, 1.165) is 22.3 Å². The highest BCUT2D eigenvalue weighted by Gasteiger charge is 2.26. The summed E-state index contributed by atoms with van der Waals surface area (Å²) in [6.45, 7) is 2.31. The molecule has 1 aromatic heterocycles. The second-order valence-corrected chi connectivity index (χ2v) is 8.47. The number of fused-ring (bicyclic) bond motifs is 1. The zero-order valence-electron chi connectivity index (χ0n) is 19.4. The van der Waals surface area contributed by atoms with E-state index < -0.39 is 0 Å². The molecule has 3 aromatic rings. The second kappa shape index (κ2) is 9.91. The van der Waals surface area contributed by atoms with Gasteiger partial charge in [0.05, 0.1) is 11.6 Å².